The summed E-state index contributed by atoms with van der Waals surface area (Å²) in [5.74, 6) is 0.836. The largest absolute Gasteiger partial charge is 0.497 e. The summed E-state index contributed by atoms with van der Waals surface area (Å²) in [6.07, 6.45) is 3.92. The molecule has 160 valence electrons. The van der Waals surface area contributed by atoms with Crippen molar-refractivity contribution in [3.63, 3.8) is 0 Å². The molecule has 1 aromatic rings. The maximum atomic E-state index is 12.0. The summed E-state index contributed by atoms with van der Waals surface area (Å²) in [7, 11) is -0.266. The predicted molar refractivity (Wildman–Crippen MR) is 119 cm³/mol. The van der Waals surface area contributed by atoms with Crippen molar-refractivity contribution < 1.29 is 18.7 Å². The molecule has 0 radical (unpaired) electrons. The third-order valence-corrected chi connectivity index (χ3v) is 12.0. The Balaban J connectivity index is 1.67. The minimum atomic E-state index is -1.93. The fourth-order valence-corrected chi connectivity index (χ4v) is 5.96. The van der Waals surface area contributed by atoms with Crippen molar-refractivity contribution in [3.05, 3.63) is 42.0 Å². The molecule has 4 nitrogen and oxygen atoms in total. The second-order valence-electron chi connectivity index (χ2n) is 10.3. The lowest BCUT2D eigenvalue weighted by Gasteiger charge is -2.41. The number of fused-ring (bicyclic) bond motifs is 1. The fourth-order valence-electron chi connectivity index (χ4n) is 4.58. The first kappa shape index (κ1) is 22.3. The Bertz CT molecular complexity index is 764. The number of hydrogen-bond acceptors (Lipinski definition) is 4. The average molecular weight is 417 g/mol. The van der Waals surface area contributed by atoms with Gasteiger partial charge in [-0.25, -0.2) is 0 Å². The molecule has 2 fully saturated rings. The molecular formula is C24H36O4Si. The molecule has 0 bridgehead atoms. The van der Waals surface area contributed by atoms with E-state index in [1.54, 1.807) is 7.11 Å². The molecule has 5 heteroatoms. The molecule has 3 rings (SSSR count). The number of methoxy groups -OCH3 is 1. The maximum absolute atomic E-state index is 12.0. The molecule has 0 amide bonds. The summed E-state index contributed by atoms with van der Waals surface area (Å²) in [6.45, 7) is 16.7. The van der Waals surface area contributed by atoms with Crippen molar-refractivity contribution >= 4 is 14.6 Å². The number of aldehydes is 1. The van der Waals surface area contributed by atoms with E-state index in [0.29, 0.717) is 13.2 Å². The first-order valence-corrected chi connectivity index (χ1v) is 13.5. The summed E-state index contributed by atoms with van der Waals surface area (Å²) >= 11 is 0. The molecule has 3 atom stereocenters. The minimum absolute atomic E-state index is 0.0747. The third-order valence-electron chi connectivity index (χ3n) is 7.56. The number of carbonyl (C=O) groups is 1. The highest BCUT2D eigenvalue weighted by molar-refractivity contribution is 6.74. The molecule has 1 aromatic carbocycles. The number of benzene rings is 1. The number of rotatable bonds is 9. The van der Waals surface area contributed by atoms with Crippen LogP contribution in [0.25, 0.3) is 0 Å². The summed E-state index contributed by atoms with van der Waals surface area (Å²) in [5, 5.41) is 0.141. The van der Waals surface area contributed by atoms with Crippen LogP contribution < -0.4 is 4.74 Å². The van der Waals surface area contributed by atoms with Crippen LogP contribution in [0.4, 0.5) is 0 Å². The zero-order valence-electron chi connectivity index (χ0n) is 18.8. The van der Waals surface area contributed by atoms with Gasteiger partial charge in [0.25, 0.3) is 0 Å². The second-order valence-corrected chi connectivity index (χ2v) is 15.0. The highest BCUT2D eigenvalue weighted by Gasteiger charge is 2.76. The lowest BCUT2D eigenvalue weighted by Crippen LogP contribution is -2.46. The summed E-state index contributed by atoms with van der Waals surface area (Å²) < 4.78 is 18.0. The summed E-state index contributed by atoms with van der Waals surface area (Å²) in [4.78, 5) is 12.0. The van der Waals surface area contributed by atoms with Gasteiger partial charge in [-0.2, -0.15) is 0 Å². The number of ether oxygens (including phenoxy) is 2. The van der Waals surface area contributed by atoms with Gasteiger partial charge in [0.1, 0.15) is 12.0 Å². The van der Waals surface area contributed by atoms with Gasteiger partial charge in [-0.05, 0) is 60.7 Å². The fraction of sp³-hybridized carbons (Fsp3) is 0.625. The minimum Gasteiger partial charge on any atom is -0.497 e. The van der Waals surface area contributed by atoms with Crippen LogP contribution in [0.15, 0.2) is 36.4 Å². The summed E-state index contributed by atoms with van der Waals surface area (Å²) in [5.41, 5.74) is 1.57. The third kappa shape index (κ3) is 3.85. The first-order chi connectivity index (χ1) is 13.5. The van der Waals surface area contributed by atoms with Crippen LogP contribution >= 0.6 is 0 Å². The quantitative estimate of drug-likeness (QED) is 0.302. The van der Waals surface area contributed by atoms with Crippen LogP contribution in [0.3, 0.4) is 0 Å². The maximum Gasteiger partial charge on any atom is 0.192 e. The van der Waals surface area contributed by atoms with Crippen LogP contribution in [0.1, 0.15) is 45.6 Å². The smallest absolute Gasteiger partial charge is 0.192 e. The van der Waals surface area contributed by atoms with Crippen molar-refractivity contribution in [2.45, 2.75) is 70.9 Å². The van der Waals surface area contributed by atoms with E-state index in [1.807, 2.05) is 24.3 Å². The number of hydrogen-bond donors (Lipinski definition) is 0. The topological polar surface area (TPSA) is 44.8 Å². The van der Waals surface area contributed by atoms with Crippen molar-refractivity contribution in [2.24, 2.45) is 10.8 Å². The Kier molecular flexibility index (Phi) is 5.89. The normalized spacial score (nSPS) is 28.7. The Morgan fingerprint density at radius 3 is 2.45 bits per heavy atom. The van der Waals surface area contributed by atoms with Crippen LogP contribution in [-0.4, -0.2) is 34.4 Å². The predicted octanol–water partition coefficient (Wildman–Crippen LogP) is 5.53. The molecule has 0 unspecified atom stereocenters. The van der Waals surface area contributed by atoms with E-state index in [4.69, 9.17) is 13.9 Å². The molecule has 0 N–H and O–H groups in total. The molecule has 0 spiro atoms. The van der Waals surface area contributed by atoms with E-state index in [0.717, 1.165) is 42.4 Å². The standard InChI is InChI=1S/C24H36O4Si/c1-18(14-27-15-19-8-10-20(26-5)11-9-19)24-16-23(24,17-25)13-12-21(24)28-29(6,7)22(2,3)4/h8-11,17,21H,1,12-16H2,2-7H3/t21-,23+,24-/m0/s1. The molecular weight excluding hydrogens is 380 g/mol. The van der Waals surface area contributed by atoms with Gasteiger partial charge in [0.2, 0.25) is 0 Å². The molecule has 0 aliphatic heterocycles. The van der Waals surface area contributed by atoms with Crippen LogP contribution in [0.2, 0.25) is 18.1 Å². The van der Waals surface area contributed by atoms with E-state index >= 15 is 0 Å². The molecule has 2 saturated carbocycles. The highest BCUT2D eigenvalue weighted by atomic mass is 28.4. The molecule has 0 heterocycles. The number of carbonyl (C=O) groups excluding carboxylic acids is 1. The summed E-state index contributed by atoms with van der Waals surface area (Å²) in [6, 6.07) is 7.88. The van der Waals surface area contributed by atoms with Gasteiger partial charge < -0.3 is 18.7 Å². The van der Waals surface area contributed by atoms with Crippen molar-refractivity contribution in [1.82, 2.24) is 0 Å². The molecule has 2 aliphatic rings. The molecule has 0 aromatic heterocycles. The van der Waals surface area contributed by atoms with Crippen LogP contribution in [0.5, 0.6) is 5.75 Å². The zero-order chi connectivity index (χ0) is 21.5. The van der Waals surface area contributed by atoms with Gasteiger partial charge in [0.05, 0.1) is 26.4 Å². The SMILES string of the molecule is C=C(COCc1ccc(OC)cc1)[C@]12C[C@@]1(C=O)CC[C@@H]2O[Si](C)(C)C(C)(C)C. The van der Waals surface area contributed by atoms with Gasteiger partial charge >= 0.3 is 0 Å². The van der Waals surface area contributed by atoms with Crippen molar-refractivity contribution in [2.75, 3.05) is 13.7 Å². The van der Waals surface area contributed by atoms with Gasteiger partial charge in [-0.15, -0.1) is 0 Å². The Hall–Kier alpha value is -1.43. The Morgan fingerprint density at radius 2 is 1.93 bits per heavy atom. The lowest BCUT2D eigenvalue weighted by atomic mass is 9.88. The molecule has 29 heavy (non-hydrogen) atoms. The van der Waals surface area contributed by atoms with E-state index in [2.05, 4.69) is 40.4 Å². The van der Waals surface area contributed by atoms with E-state index in [1.165, 1.54) is 0 Å². The van der Waals surface area contributed by atoms with E-state index in [-0.39, 0.29) is 22.0 Å². The monoisotopic (exact) mass is 416 g/mol. The van der Waals surface area contributed by atoms with Gasteiger partial charge in [0.15, 0.2) is 8.32 Å². The van der Waals surface area contributed by atoms with E-state index < -0.39 is 8.32 Å². The van der Waals surface area contributed by atoms with Crippen molar-refractivity contribution in [3.8, 4) is 5.75 Å². The average Bonchev–Trinajstić information content (AvgIpc) is 3.26. The van der Waals surface area contributed by atoms with Gasteiger partial charge in [-0.1, -0.05) is 39.5 Å². The first-order valence-electron chi connectivity index (χ1n) is 10.5. The molecule has 0 saturated heterocycles. The lowest BCUT2D eigenvalue weighted by molar-refractivity contribution is -0.113. The van der Waals surface area contributed by atoms with Crippen LogP contribution in [0, 0.1) is 10.8 Å². The van der Waals surface area contributed by atoms with Gasteiger partial charge in [0, 0.05) is 10.8 Å². The van der Waals surface area contributed by atoms with E-state index in [9.17, 15) is 4.79 Å². The van der Waals surface area contributed by atoms with Crippen molar-refractivity contribution in [1.29, 1.82) is 0 Å². The Labute approximate surface area is 176 Å². The highest BCUT2D eigenvalue weighted by Crippen LogP contribution is 2.76. The van der Waals surface area contributed by atoms with Gasteiger partial charge in [-0.3, -0.25) is 0 Å². The second kappa shape index (κ2) is 7.68. The Morgan fingerprint density at radius 1 is 1.28 bits per heavy atom. The zero-order valence-corrected chi connectivity index (χ0v) is 19.8. The molecule has 2 aliphatic carbocycles. The van der Waals surface area contributed by atoms with Crippen LogP contribution in [-0.2, 0) is 20.6 Å².